The van der Waals surface area contributed by atoms with Gasteiger partial charge in [-0.3, -0.25) is 9.59 Å². The van der Waals surface area contributed by atoms with E-state index in [0.717, 1.165) is 37.1 Å². The summed E-state index contributed by atoms with van der Waals surface area (Å²) in [4.78, 5) is 30.3. The molecule has 1 unspecified atom stereocenters. The molecule has 0 fully saturated rings. The van der Waals surface area contributed by atoms with Crippen LogP contribution in [0.15, 0.2) is 66.9 Å². The number of aryl methyl sites for hydroxylation is 1. The molecule has 0 spiro atoms. The Kier molecular flexibility index (Phi) is 11.0. The highest BCUT2D eigenvalue weighted by molar-refractivity contribution is 5.96. The number of alkyl halides is 3. The maximum atomic E-state index is 13.7. The van der Waals surface area contributed by atoms with E-state index in [1.807, 2.05) is 51.2 Å². The molecule has 3 rings (SSSR count). The van der Waals surface area contributed by atoms with Crippen molar-refractivity contribution in [2.24, 2.45) is 0 Å². The molecule has 40 heavy (non-hydrogen) atoms. The zero-order chi connectivity index (χ0) is 29.3. The van der Waals surface area contributed by atoms with Crippen LogP contribution in [0.3, 0.4) is 0 Å². The van der Waals surface area contributed by atoms with Gasteiger partial charge in [0.2, 0.25) is 5.91 Å². The number of carbonyl (C=O) groups excluding carboxylic acids is 2. The van der Waals surface area contributed by atoms with Gasteiger partial charge >= 0.3 is 6.18 Å². The largest absolute Gasteiger partial charge is 0.416 e. The van der Waals surface area contributed by atoms with Gasteiger partial charge in [0.15, 0.2) is 0 Å². The highest BCUT2D eigenvalue weighted by Gasteiger charge is 2.32. The number of benzene rings is 2. The van der Waals surface area contributed by atoms with Crippen molar-refractivity contribution in [3.8, 4) is 0 Å². The smallest absolute Gasteiger partial charge is 0.345 e. The third kappa shape index (κ3) is 8.23. The van der Waals surface area contributed by atoms with Crippen LogP contribution in [-0.2, 0) is 24.1 Å². The molecule has 3 aromatic rings. The topological polar surface area (TPSA) is 45.6 Å². The second-order valence-corrected chi connectivity index (χ2v) is 10.3. The molecule has 1 heterocycles. The first-order chi connectivity index (χ1) is 19.0. The maximum Gasteiger partial charge on any atom is 0.416 e. The van der Waals surface area contributed by atoms with E-state index in [9.17, 15) is 22.8 Å². The van der Waals surface area contributed by atoms with E-state index in [4.69, 9.17) is 0 Å². The monoisotopic (exact) mass is 555 g/mol. The van der Waals surface area contributed by atoms with Crippen molar-refractivity contribution in [1.82, 2.24) is 14.4 Å². The van der Waals surface area contributed by atoms with Crippen molar-refractivity contribution in [2.45, 2.75) is 78.7 Å². The first-order valence-electron chi connectivity index (χ1n) is 14.0. The molecule has 216 valence electrons. The van der Waals surface area contributed by atoms with Gasteiger partial charge in [-0.25, -0.2) is 0 Å². The molecule has 0 saturated carbocycles. The van der Waals surface area contributed by atoms with Gasteiger partial charge in [0.1, 0.15) is 6.54 Å². The van der Waals surface area contributed by atoms with E-state index < -0.39 is 17.6 Å². The Bertz CT molecular complexity index is 1270. The standard InChI is InChI=1S/C32H40F3N3O2/c1-5-7-10-18-37(31(40)26-15-11-16-28(20-26)32(33,34)35)23-30(39)38(25(4)6-2)22-29-17-12-19-36(29)21-27-14-9-8-13-24(27)3/h8-9,11-17,19-20,25H,5-7,10,18,21-23H2,1-4H3. The summed E-state index contributed by atoms with van der Waals surface area (Å²) in [7, 11) is 0. The second-order valence-electron chi connectivity index (χ2n) is 10.3. The molecule has 2 aromatic carbocycles. The van der Waals surface area contributed by atoms with Crippen LogP contribution in [0.1, 0.15) is 79.2 Å². The average Bonchev–Trinajstić information content (AvgIpc) is 3.37. The van der Waals surface area contributed by atoms with E-state index in [1.54, 1.807) is 4.90 Å². The van der Waals surface area contributed by atoms with Crippen LogP contribution < -0.4 is 0 Å². The Morgan fingerprint density at radius 2 is 1.73 bits per heavy atom. The third-order valence-corrected chi connectivity index (χ3v) is 7.38. The SMILES string of the molecule is CCCCCN(CC(=O)N(Cc1cccn1Cc1ccccc1C)C(C)CC)C(=O)c1cccc(C(F)(F)F)c1. The van der Waals surface area contributed by atoms with Crippen LogP contribution in [0.4, 0.5) is 13.2 Å². The first kappa shape index (κ1) is 31.0. The van der Waals surface area contributed by atoms with E-state index in [0.29, 0.717) is 26.1 Å². The number of nitrogens with zero attached hydrogens (tertiary/aromatic N) is 3. The van der Waals surface area contributed by atoms with E-state index in [1.165, 1.54) is 28.2 Å². The van der Waals surface area contributed by atoms with Crippen molar-refractivity contribution in [1.29, 1.82) is 0 Å². The van der Waals surface area contributed by atoms with E-state index >= 15 is 0 Å². The first-order valence-corrected chi connectivity index (χ1v) is 14.0. The minimum absolute atomic E-state index is 0.0682. The Balaban J connectivity index is 1.83. The summed E-state index contributed by atoms with van der Waals surface area (Å²) in [6.07, 6.45) is 0.589. The van der Waals surface area contributed by atoms with Gasteiger partial charge in [-0.15, -0.1) is 0 Å². The van der Waals surface area contributed by atoms with Gasteiger partial charge < -0.3 is 14.4 Å². The van der Waals surface area contributed by atoms with Crippen molar-refractivity contribution in [3.63, 3.8) is 0 Å². The van der Waals surface area contributed by atoms with Gasteiger partial charge in [0, 0.05) is 36.6 Å². The zero-order valence-corrected chi connectivity index (χ0v) is 23.9. The van der Waals surface area contributed by atoms with Crippen LogP contribution in [0.25, 0.3) is 0 Å². The summed E-state index contributed by atoms with van der Waals surface area (Å²) in [5.74, 6) is -0.794. The van der Waals surface area contributed by atoms with Crippen molar-refractivity contribution in [3.05, 3.63) is 94.8 Å². The lowest BCUT2D eigenvalue weighted by Crippen LogP contribution is -2.46. The minimum Gasteiger partial charge on any atom is -0.345 e. The number of unbranched alkanes of at least 4 members (excludes halogenated alkanes) is 2. The van der Waals surface area contributed by atoms with Crippen molar-refractivity contribution < 1.29 is 22.8 Å². The number of hydrogen-bond acceptors (Lipinski definition) is 2. The summed E-state index contributed by atoms with van der Waals surface area (Å²) in [6.45, 7) is 9.23. The molecular weight excluding hydrogens is 515 g/mol. The molecule has 5 nitrogen and oxygen atoms in total. The lowest BCUT2D eigenvalue weighted by Gasteiger charge is -2.32. The minimum atomic E-state index is -4.56. The van der Waals surface area contributed by atoms with Gasteiger partial charge in [0.05, 0.1) is 12.1 Å². The molecule has 1 atom stereocenters. The number of halogens is 3. The summed E-state index contributed by atoms with van der Waals surface area (Å²) < 4.78 is 42.1. The normalized spacial score (nSPS) is 12.3. The summed E-state index contributed by atoms with van der Waals surface area (Å²) >= 11 is 0. The Morgan fingerprint density at radius 1 is 0.975 bits per heavy atom. The van der Waals surface area contributed by atoms with Crippen LogP contribution in [0.2, 0.25) is 0 Å². The molecule has 0 aliphatic carbocycles. The summed E-state index contributed by atoms with van der Waals surface area (Å²) in [5, 5.41) is 0. The molecule has 0 saturated heterocycles. The zero-order valence-electron chi connectivity index (χ0n) is 23.9. The Hall–Kier alpha value is -3.55. The predicted molar refractivity (Wildman–Crippen MR) is 152 cm³/mol. The molecule has 8 heteroatoms. The Labute approximate surface area is 235 Å². The molecule has 0 aliphatic rings. The van der Waals surface area contributed by atoms with E-state index in [2.05, 4.69) is 23.6 Å². The number of hydrogen-bond donors (Lipinski definition) is 0. The predicted octanol–water partition coefficient (Wildman–Crippen LogP) is 7.32. The lowest BCUT2D eigenvalue weighted by atomic mass is 10.1. The number of rotatable bonds is 13. The fraction of sp³-hybridized carbons (Fsp3) is 0.438. The van der Waals surface area contributed by atoms with Crippen LogP contribution in [0.5, 0.6) is 0 Å². The van der Waals surface area contributed by atoms with Crippen molar-refractivity contribution in [2.75, 3.05) is 13.1 Å². The number of aromatic nitrogens is 1. The van der Waals surface area contributed by atoms with Gasteiger partial charge in [-0.2, -0.15) is 13.2 Å². The number of amides is 2. The fourth-order valence-corrected chi connectivity index (χ4v) is 4.67. The highest BCUT2D eigenvalue weighted by atomic mass is 19.4. The van der Waals surface area contributed by atoms with Crippen LogP contribution in [0, 0.1) is 6.92 Å². The lowest BCUT2D eigenvalue weighted by molar-refractivity contribution is -0.137. The molecule has 0 radical (unpaired) electrons. The molecular formula is C32H40F3N3O2. The van der Waals surface area contributed by atoms with Gasteiger partial charge in [0.25, 0.3) is 5.91 Å². The maximum absolute atomic E-state index is 13.7. The highest BCUT2D eigenvalue weighted by Crippen LogP contribution is 2.30. The van der Waals surface area contributed by atoms with E-state index in [-0.39, 0.29) is 24.1 Å². The Morgan fingerprint density at radius 3 is 2.40 bits per heavy atom. The molecule has 0 N–H and O–H groups in total. The van der Waals surface area contributed by atoms with Crippen LogP contribution >= 0.6 is 0 Å². The quantitative estimate of drug-likeness (QED) is 0.207. The molecule has 0 bridgehead atoms. The average molecular weight is 556 g/mol. The summed E-state index contributed by atoms with van der Waals surface area (Å²) in [5.41, 5.74) is 2.40. The number of carbonyl (C=O) groups is 2. The van der Waals surface area contributed by atoms with Crippen molar-refractivity contribution >= 4 is 11.8 Å². The van der Waals surface area contributed by atoms with Gasteiger partial charge in [-0.05, 0) is 68.1 Å². The van der Waals surface area contributed by atoms with Crippen LogP contribution in [-0.4, -0.2) is 45.3 Å². The third-order valence-electron chi connectivity index (χ3n) is 7.38. The second kappa shape index (κ2) is 14.2. The summed E-state index contributed by atoms with van der Waals surface area (Å²) in [6, 6.07) is 16.5. The molecule has 0 aliphatic heterocycles. The molecule has 2 amide bonds. The fourth-order valence-electron chi connectivity index (χ4n) is 4.67. The van der Waals surface area contributed by atoms with Gasteiger partial charge in [-0.1, -0.05) is 57.0 Å². The molecule has 1 aromatic heterocycles.